The van der Waals surface area contributed by atoms with Crippen LogP contribution in [0.25, 0.3) is 0 Å². The molecular formula is C15H23NO3. The fourth-order valence-corrected chi connectivity index (χ4v) is 4.15. The number of nitrogens with zero attached hydrogens (tertiary/aromatic N) is 1. The van der Waals surface area contributed by atoms with Gasteiger partial charge in [-0.1, -0.05) is 12.8 Å². The van der Waals surface area contributed by atoms with Gasteiger partial charge in [0.1, 0.15) is 0 Å². The van der Waals surface area contributed by atoms with E-state index in [1.807, 2.05) is 4.90 Å². The number of piperidine rings is 1. The first-order valence-corrected chi connectivity index (χ1v) is 7.49. The number of rotatable bonds is 2. The molecule has 1 amide bonds. The molecule has 1 heterocycles. The summed E-state index contributed by atoms with van der Waals surface area (Å²) in [6.45, 7) is 2.91. The number of hydrogen-bond acceptors (Lipinski definition) is 2. The summed E-state index contributed by atoms with van der Waals surface area (Å²) >= 11 is 0. The van der Waals surface area contributed by atoms with Gasteiger partial charge >= 0.3 is 5.97 Å². The van der Waals surface area contributed by atoms with Crippen molar-refractivity contribution in [1.82, 2.24) is 4.90 Å². The Hall–Kier alpha value is -1.06. The summed E-state index contributed by atoms with van der Waals surface area (Å²) in [5, 5.41) is 9.32. The van der Waals surface area contributed by atoms with Gasteiger partial charge in [-0.15, -0.1) is 0 Å². The molecule has 2 unspecified atom stereocenters. The van der Waals surface area contributed by atoms with E-state index in [-0.39, 0.29) is 11.8 Å². The smallest absolute Gasteiger partial charge is 0.311 e. The molecule has 0 bridgehead atoms. The fraction of sp³-hybridized carbons (Fsp3) is 0.867. The minimum Gasteiger partial charge on any atom is -0.481 e. The van der Waals surface area contributed by atoms with E-state index in [2.05, 4.69) is 0 Å². The molecule has 2 atom stereocenters. The summed E-state index contributed by atoms with van der Waals surface area (Å²) in [7, 11) is 0. The lowest BCUT2D eigenvalue weighted by molar-refractivity contribution is -0.154. The Labute approximate surface area is 114 Å². The molecule has 19 heavy (non-hydrogen) atoms. The summed E-state index contributed by atoms with van der Waals surface area (Å²) in [5.74, 6) is -0.336. The van der Waals surface area contributed by atoms with Crippen LogP contribution in [-0.4, -0.2) is 35.0 Å². The quantitative estimate of drug-likeness (QED) is 0.833. The predicted molar refractivity (Wildman–Crippen MR) is 70.6 cm³/mol. The Morgan fingerprint density at radius 1 is 1.16 bits per heavy atom. The molecule has 106 valence electrons. The van der Waals surface area contributed by atoms with Gasteiger partial charge in [0.2, 0.25) is 5.91 Å². The van der Waals surface area contributed by atoms with Gasteiger partial charge in [0, 0.05) is 19.0 Å². The Bertz CT molecular complexity index is 414. The first-order valence-electron chi connectivity index (χ1n) is 7.49. The van der Waals surface area contributed by atoms with E-state index in [4.69, 9.17) is 0 Å². The van der Waals surface area contributed by atoms with Crippen molar-refractivity contribution in [2.75, 3.05) is 13.1 Å². The first-order chi connectivity index (χ1) is 8.97. The maximum atomic E-state index is 12.6. The highest BCUT2D eigenvalue weighted by atomic mass is 16.4. The lowest BCUT2D eigenvalue weighted by Gasteiger charge is -2.38. The van der Waals surface area contributed by atoms with Crippen molar-refractivity contribution in [1.29, 1.82) is 0 Å². The average Bonchev–Trinajstić information content (AvgIpc) is 2.86. The Morgan fingerprint density at radius 2 is 1.84 bits per heavy atom. The number of carbonyl (C=O) groups excluding carboxylic acids is 1. The van der Waals surface area contributed by atoms with E-state index < -0.39 is 11.4 Å². The van der Waals surface area contributed by atoms with Crippen molar-refractivity contribution in [3.8, 4) is 0 Å². The van der Waals surface area contributed by atoms with Crippen molar-refractivity contribution in [2.24, 2.45) is 16.7 Å². The third-order valence-electron chi connectivity index (χ3n) is 5.61. The van der Waals surface area contributed by atoms with Crippen LogP contribution in [0.2, 0.25) is 0 Å². The van der Waals surface area contributed by atoms with E-state index in [0.717, 1.165) is 19.4 Å². The second-order valence-electron chi connectivity index (χ2n) is 7.06. The standard InChI is InChI=1S/C15H23NO3/c1-14(13(18)19)5-4-8-16(10-14)12(17)11-9-15(11)6-2-3-7-15/h11H,2-10H2,1H3,(H,18,19). The molecule has 1 saturated heterocycles. The zero-order valence-electron chi connectivity index (χ0n) is 11.7. The van der Waals surface area contributed by atoms with E-state index in [0.29, 0.717) is 18.4 Å². The third kappa shape index (κ3) is 2.05. The number of amides is 1. The minimum atomic E-state index is -0.767. The molecule has 4 nitrogen and oxygen atoms in total. The molecule has 1 aliphatic heterocycles. The van der Waals surface area contributed by atoms with E-state index >= 15 is 0 Å². The molecule has 0 aromatic carbocycles. The van der Waals surface area contributed by atoms with Crippen LogP contribution in [0.4, 0.5) is 0 Å². The second-order valence-corrected chi connectivity index (χ2v) is 7.06. The Morgan fingerprint density at radius 3 is 2.47 bits per heavy atom. The largest absolute Gasteiger partial charge is 0.481 e. The maximum Gasteiger partial charge on any atom is 0.311 e. The molecule has 2 saturated carbocycles. The Balaban J connectivity index is 1.66. The molecule has 0 aromatic heterocycles. The van der Waals surface area contributed by atoms with Crippen LogP contribution in [0.15, 0.2) is 0 Å². The molecule has 1 spiro atoms. The maximum absolute atomic E-state index is 12.6. The molecule has 0 radical (unpaired) electrons. The molecule has 3 aliphatic rings. The van der Waals surface area contributed by atoms with Gasteiger partial charge in [-0.3, -0.25) is 9.59 Å². The highest BCUT2D eigenvalue weighted by molar-refractivity contribution is 5.84. The van der Waals surface area contributed by atoms with Crippen LogP contribution in [0.5, 0.6) is 0 Å². The van der Waals surface area contributed by atoms with Crippen molar-refractivity contribution in [3.63, 3.8) is 0 Å². The SMILES string of the molecule is CC1(C(=O)O)CCCN(C(=O)C2CC23CCCC3)C1. The third-order valence-corrected chi connectivity index (χ3v) is 5.61. The summed E-state index contributed by atoms with van der Waals surface area (Å²) in [4.78, 5) is 25.7. The number of hydrogen-bond donors (Lipinski definition) is 1. The van der Waals surface area contributed by atoms with Crippen LogP contribution < -0.4 is 0 Å². The summed E-state index contributed by atoms with van der Waals surface area (Å²) < 4.78 is 0. The normalized spacial score (nSPS) is 36.5. The van der Waals surface area contributed by atoms with Gasteiger partial charge in [-0.05, 0) is 44.4 Å². The van der Waals surface area contributed by atoms with E-state index in [1.165, 1.54) is 25.7 Å². The Kier molecular flexibility index (Phi) is 2.88. The van der Waals surface area contributed by atoms with Crippen LogP contribution in [-0.2, 0) is 9.59 Å². The molecule has 3 fully saturated rings. The predicted octanol–water partition coefficient (Wildman–Crippen LogP) is 2.28. The fourth-order valence-electron chi connectivity index (χ4n) is 4.15. The highest BCUT2D eigenvalue weighted by Gasteiger charge is 2.60. The van der Waals surface area contributed by atoms with E-state index in [1.54, 1.807) is 6.92 Å². The number of aliphatic carboxylic acids is 1. The van der Waals surface area contributed by atoms with Crippen molar-refractivity contribution in [2.45, 2.75) is 51.9 Å². The summed E-state index contributed by atoms with van der Waals surface area (Å²) in [6.07, 6.45) is 7.47. The average molecular weight is 265 g/mol. The van der Waals surface area contributed by atoms with Crippen LogP contribution in [0.3, 0.4) is 0 Å². The zero-order valence-corrected chi connectivity index (χ0v) is 11.7. The lowest BCUT2D eigenvalue weighted by atomic mass is 9.82. The summed E-state index contributed by atoms with van der Waals surface area (Å²) in [6, 6.07) is 0. The first kappa shape index (κ1) is 12.9. The molecule has 4 heteroatoms. The summed E-state index contributed by atoms with van der Waals surface area (Å²) in [5.41, 5.74) is -0.431. The van der Waals surface area contributed by atoms with E-state index in [9.17, 15) is 14.7 Å². The number of carboxylic acid groups (broad SMARTS) is 1. The van der Waals surface area contributed by atoms with Gasteiger partial charge < -0.3 is 10.0 Å². The monoisotopic (exact) mass is 265 g/mol. The van der Waals surface area contributed by atoms with Crippen LogP contribution >= 0.6 is 0 Å². The van der Waals surface area contributed by atoms with Gasteiger partial charge in [0.15, 0.2) is 0 Å². The van der Waals surface area contributed by atoms with Gasteiger partial charge in [0.25, 0.3) is 0 Å². The minimum absolute atomic E-state index is 0.200. The zero-order chi connectivity index (χ0) is 13.7. The van der Waals surface area contributed by atoms with Crippen molar-refractivity contribution in [3.05, 3.63) is 0 Å². The second kappa shape index (κ2) is 4.22. The molecule has 1 N–H and O–H groups in total. The molecule has 0 aromatic rings. The van der Waals surface area contributed by atoms with Gasteiger partial charge in [-0.2, -0.15) is 0 Å². The van der Waals surface area contributed by atoms with Crippen molar-refractivity contribution < 1.29 is 14.7 Å². The molecular weight excluding hydrogens is 242 g/mol. The molecule has 3 rings (SSSR count). The lowest BCUT2D eigenvalue weighted by Crippen LogP contribution is -2.49. The van der Waals surface area contributed by atoms with Crippen LogP contribution in [0, 0.1) is 16.7 Å². The van der Waals surface area contributed by atoms with Crippen LogP contribution in [0.1, 0.15) is 51.9 Å². The number of carboxylic acids is 1. The topological polar surface area (TPSA) is 57.6 Å². The number of likely N-dealkylation sites (tertiary alicyclic amines) is 1. The van der Waals surface area contributed by atoms with Crippen molar-refractivity contribution >= 4 is 11.9 Å². The van der Waals surface area contributed by atoms with Gasteiger partial charge in [0.05, 0.1) is 5.41 Å². The highest BCUT2D eigenvalue weighted by Crippen LogP contribution is 2.63. The van der Waals surface area contributed by atoms with Gasteiger partial charge in [-0.25, -0.2) is 0 Å². The molecule has 2 aliphatic carbocycles. The number of carbonyl (C=O) groups is 2.